The summed E-state index contributed by atoms with van der Waals surface area (Å²) < 4.78 is 13.1. The highest BCUT2D eigenvalue weighted by Crippen LogP contribution is 2.24. The zero-order valence-electron chi connectivity index (χ0n) is 7.71. The molecular formula is C10H9ClFNO2. The van der Waals surface area contributed by atoms with Crippen LogP contribution in [0.15, 0.2) is 30.4 Å². The summed E-state index contributed by atoms with van der Waals surface area (Å²) in [7, 11) is 0. The Labute approximate surface area is 91.2 Å². The monoisotopic (exact) mass is 229 g/mol. The van der Waals surface area contributed by atoms with Crippen molar-refractivity contribution in [1.82, 2.24) is 0 Å². The van der Waals surface area contributed by atoms with Crippen molar-refractivity contribution in [3.8, 4) is 0 Å². The van der Waals surface area contributed by atoms with Crippen LogP contribution in [0.1, 0.15) is 0 Å². The smallest absolute Gasteiger partial charge is 0.328 e. The minimum Gasteiger partial charge on any atom is -0.478 e. The summed E-state index contributed by atoms with van der Waals surface area (Å²) in [6.45, 7) is 0.201. The SMILES string of the molecule is O=C(O)/C=C/CNc1c(F)cccc1Cl. The van der Waals surface area contributed by atoms with Crippen LogP contribution in [0, 0.1) is 5.82 Å². The van der Waals surface area contributed by atoms with Gasteiger partial charge in [0, 0.05) is 12.6 Å². The molecule has 0 radical (unpaired) electrons. The van der Waals surface area contributed by atoms with Crippen LogP contribution in [-0.4, -0.2) is 17.6 Å². The number of hydrogen-bond acceptors (Lipinski definition) is 2. The van der Waals surface area contributed by atoms with Gasteiger partial charge in [0.2, 0.25) is 0 Å². The van der Waals surface area contributed by atoms with Crippen LogP contribution in [0.3, 0.4) is 0 Å². The number of carbonyl (C=O) groups is 1. The fourth-order valence-electron chi connectivity index (χ4n) is 0.987. The van der Waals surface area contributed by atoms with Crippen molar-refractivity contribution in [2.45, 2.75) is 0 Å². The number of carboxylic acids is 1. The molecule has 1 rings (SSSR count). The van der Waals surface area contributed by atoms with Crippen LogP contribution in [0.5, 0.6) is 0 Å². The molecule has 5 heteroatoms. The zero-order chi connectivity index (χ0) is 11.3. The average molecular weight is 230 g/mol. The van der Waals surface area contributed by atoms with Gasteiger partial charge in [-0.2, -0.15) is 0 Å². The third-order valence-electron chi connectivity index (χ3n) is 1.62. The van der Waals surface area contributed by atoms with E-state index in [1.54, 1.807) is 6.07 Å². The van der Waals surface area contributed by atoms with Crippen LogP contribution < -0.4 is 5.32 Å². The number of hydrogen-bond donors (Lipinski definition) is 2. The van der Waals surface area contributed by atoms with Crippen molar-refractivity contribution in [2.24, 2.45) is 0 Å². The van der Waals surface area contributed by atoms with Crippen LogP contribution in [0.25, 0.3) is 0 Å². The van der Waals surface area contributed by atoms with E-state index in [9.17, 15) is 9.18 Å². The Kier molecular flexibility index (Phi) is 4.12. The summed E-state index contributed by atoms with van der Waals surface area (Å²) in [5.74, 6) is -1.51. The maximum Gasteiger partial charge on any atom is 0.328 e. The van der Waals surface area contributed by atoms with E-state index >= 15 is 0 Å². The van der Waals surface area contributed by atoms with Gasteiger partial charge in [-0.25, -0.2) is 9.18 Å². The Balaban J connectivity index is 2.61. The van der Waals surface area contributed by atoms with Gasteiger partial charge >= 0.3 is 5.97 Å². The molecule has 0 aromatic heterocycles. The molecule has 0 heterocycles. The minimum atomic E-state index is -1.04. The fraction of sp³-hybridized carbons (Fsp3) is 0.100. The minimum absolute atomic E-state index is 0.175. The van der Waals surface area contributed by atoms with Crippen LogP contribution in [-0.2, 0) is 4.79 Å². The van der Waals surface area contributed by atoms with Crippen molar-refractivity contribution in [3.05, 3.63) is 41.2 Å². The lowest BCUT2D eigenvalue weighted by molar-refractivity contribution is -0.131. The van der Waals surface area contributed by atoms with Crippen molar-refractivity contribution in [3.63, 3.8) is 0 Å². The number of rotatable bonds is 4. The van der Waals surface area contributed by atoms with Gasteiger partial charge in [-0.05, 0) is 12.1 Å². The fourth-order valence-corrected chi connectivity index (χ4v) is 1.22. The number of aliphatic carboxylic acids is 1. The number of benzene rings is 1. The lowest BCUT2D eigenvalue weighted by Gasteiger charge is -2.06. The molecule has 0 atom stereocenters. The lowest BCUT2D eigenvalue weighted by atomic mass is 10.3. The average Bonchev–Trinajstić information content (AvgIpc) is 2.15. The van der Waals surface area contributed by atoms with Crippen molar-refractivity contribution in [2.75, 3.05) is 11.9 Å². The van der Waals surface area contributed by atoms with Crippen LogP contribution in [0.4, 0.5) is 10.1 Å². The number of carboxylic acid groups (broad SMARTS) is 1. The van der Waals surface area contributed by atoms with Gasteiger partial charge < -0.3 is 10.4 Å². The molecule has 1 aromatic carbocycles. The molecule has 2 N–H and O–H groups in total. The zero-order valence-corrected chi connectivity index (χ0v) is 8.46. The third-order valence-corrected chi connectivity index (χ3v) is 1.93. The third kappa shape index (κ3) is 3.59. The van der Waals surface area contributed by atoms with Crippen LogP contribution >= 0.6 is 11.6 Å². The largest absolute Gasteiger partial charge is 0.478 e. The Morgan fingerprint density at radius 3 is 2.93 bits per heavy atom. The molecule has 0 aliphatic rings. The maximum absolute atomic E-state index is 13.1. The van der Waals surface area contributed by atoms with E-state index in [1.807, 2.05) is 0 Å². The first kappa shape index (κ1) is 11.5. The van der Waals surface area contributed by atoms with Crippen molar-refractivity contribution >= 4 is 23.3 Å². The normalized spacial score (nSPS) is 10.5. The quantitative estimate of drug-likeness (QED) is 0.780. The van der Waals surface area contributed by atoms with Gasteiger partial charge in [0.05, 0.1) is 10.7 Å². The first-order valence-corrected chi connectivity index (χ1v) is 4.56. The Morgan fingerprint density at radius 1 is 1.60 bits per heavy atom. The van der Waals surface area contributed by atoms with E-state index in [0.29, 0.717) is 0 Å². The lowest BCUT2D eigenvalue weighted by Crippen LogP contribution is -2.02. The molecule has 1 aromatic rings. The summed E-state index contributed by atoms with van der Waals surface area (Å²) in [6, 6.07) is 4.32. The Morgan fingerprint density at radius 2 is 2.33 bits per heavy atom. The Hall–Kier alpha value is -1.55. The number of anilines is 1. The van der Waals surface area contributed by atoms with Crippen molar-refractivity contribution < 1.29 is 14.3 Å². The van der Waals surface area contributed by atoms with E-state index in [4.69, 9.17) is 16.7 Å². The Bertz CT molecular complexity index is 373. The topological polar surface area (TPSA) is 49.3 Å². The predicted octanol–water partition coefficient (Wildman–Crippen LogP) is 2.53. The van der Waals surface area contributed by atoms with Gasteiger partial charge in [0.15, 0.2) is 0 Å². The molecule has 0 fully saturated rings. The number of nitrogens with one attached hydrogen (secondary N) is 1. The van der Waals surface area contributed by atoms with Gasteiger partial charge in [0.25, 0.3) is 0 Å². The second-order valence-corrected chi connectivity index (χ2v) is 3.13. The predicted molar refractivity (Wildman–Crippen MR) is 56.7 cm³/mol. The highest BCUT2D eigenvalue weighted by molar-refractivity contribution is 6.33. The molecule has 0 saturated carbocycles. The summed E-state index contributed by atoms with van der Waals surface area (Å²) in [5.41, 5.74) is 0.175. The second kappa shape index (κ2) is 5.36. The molecule has 0 unspecified atom stereocenters. The van der Waals surface area contributed by atoms with Gasteiger partial charge in [-0.1, -0.05) is 23.7 Å². The molecular weight excluding hydrogens is 221 g/mol. The van der Waals surface area contributed by atoms with E-state index < -0.39 is 11.8 Å². The molecule has 0 amide bonds. The van der Waals surface area contributed by atoms with Crippen LogP contribution in [0.2, 0.25) is 5.02 Å². The number of halogens is 2. The van der Waals surface area contributed by atoms with E-state index in [0.717, 1.165) is 6.08 Å². The van der Waals surface area contributed by atoms with Crippen molar-refractivity contribution in [1.29, 1.82) is 0 Å². The van der Waals surface area contributed by atoms with E-state index in [2.05, 4.69) is 5.32 Å². The summed E-state index contributed by atoms with van der Waals surface area (Å²) in [5, 5.41) is 11.2. The van der Waals surface area contributed by atoms with Gasteiger partial charge in [-0.15, -0.1) is 0 Å². The standard InChI is InChI=1S/C10H9ClFNO2/c11-7-3-1-4-8(12)10(7)13-6-2-5-9(14)15/h1-5,13H,6H2,(H,14,15)/b5-2+. The molecule has 0 spiro atoms. The van der Waals surface area contributed by atoms with Gasteiger partial charge in [-0.3, -0.25) is 0 Å². The molecule has 15 heavy (non-hydrogen) atoms. The highest BCUT2D eigenvalue weighted by atomic mass is 35.5. The molecule has 3 nitrogen and oxygen atoms in total. The van der Waals surface area contributed by atoms with Gasteiger partial charge in [0.1, 0.15) is 5.82 Å². The summed E-state index contributed by atoms with van der Waals surface area (Å²) >= 11 is 5.73. The number of para-hydroxylation sites is 1. The maximum atomic E-state index is 13.1. The first-order chi connectivity index (χ1) is 7.11. The van der Waals surface area contributed by atoms with E-state index in [1.165, 1.54) is 18.2 Å². The summed E-state index contributed by atoms with van der Waals surface area (Å²) in [6.07, 6.45) is 2.34. The molecule has 80 valence electrons. The molecule has 0 aliphatic carbocycles. The molecule has 0 bridgehead atoms. The second-order valence-electron chi connectivity index (χ2n) is 2.72. The highest BCUT2D eigenvalue weighted by Gasteiger charge is 2.04. The molecule has 0 saturated heterocycles. The summed E-state index contributed by atoms with van der Waals surface area (Å²) in [4.78, 5) is 10.1. The molecule has 0 aliphatic heterocycles. The first-order valence-electron chi connectivity index (χ1n) is 4.18. The van der Waals surface area contributed by atoms with E-state index in [-0.39, 0.29) is 17.3 Å².